The number of carbonyl (C=O) groups excluding carboxylic acids is 1. The molecule has 2 aromatic heterocycles. The number of carbonyl (C=O) groups is 1. The van der Waals surface area contributed by atoms with Gasteiger partial charge in [0.05, 0.1) is 21.7 Å². The van der Waals surface area contributed by atoms with Gasteiger partial charge < -0.3 is 4.74 Å². The minimum atomic E-state index is -0.532. The summed E-state index contributed by atoms with van der Waals surface area (Å²) in [6, 6.07) is 11.9. The van der Waals surface area contributed by atoms with Crippen LogP contribution in [0.5, 0.6) is 5.75 Å². The fourth-order valence-corrected chi connectivity index (χ4v) is 6.20. The van der Waals surface area contributed by atoms with Crippen LogP contribution in [0.4, 0.5) is 5.69 Å². The average Bonchev–Trinajstić information content (AvgIpc) is 3.58. The van der Waals surface area contributed by atoms with Gasteiger partial charge in [0, 0.05) is 27.8 Å². The van der Waals surface area contributed by atoms with E-state index in [0.717, 1.165) is 29.9 Å². The smallest absolute Gasteiger partial charge is 0.281 e. The highest BCUT2D eigenvalue weighted by Gasteiger charge is 2.44. The highest BCUT2D eigenvalue weighted by molar-refractivity contribution is 7.11. The fourth-order valence-electron chi connectivity index (χ4n) is 4.42. The van der Waals surface area contributed by atoms with Gasteiger partial charge >= 0.3 is 0 Å². The first-order chi connectivity index (χ1) is 16.5. The van der Waals surface area contributed by atoms with Gasteiger partial charge in [0.2, 0.25) is 0 Å². The Labute approximate surface area is 209 Å². The van der Waals surface area contributed by atoms with Gasteiger partial charge in [-0.1, -0.05) is 23.7 Å². The maximum absolute atomic E-state index is 13.3. The molecule has 2 atom stereocenters. The summed E-state index contributed by atoms with van der Waals surface area (Å²) >= 11 is 9.42. The van der Waals surface area contributed by atoms with Crippen LogP contribution >= 0.6 is 34.3 Å². The van der Waals surface area contributed by atoms with Gasteiger partial charge in [-0.3, -0.25) is 14.9 Å². The van der Waals surface area contributed by atoms with E-state index < -0.39 is 4.92 Å². The maximum Gasteiger partial charge on any atom is 0.281 e. The van der Waals surface area contributed by atoms with Crippen molar-refractivity contribution in [1.82, 2.24) is 5.01 Å². The highest BCUT2D eigenvalue weighted by atomic mass is 35.5. The Morgan fingerprint density at radius 3 is 2.79 bits per heavy atom. The largest absolute Gasteiger partial charge is 0.482 e. The van der Waals surface area contributed by atoms with Gasteiger partial charge in [-0.2, -0.15) is 5.10 Å². The molecule has 5 rings (SSSR count). The molecular formula is C24H20ClN3O4S2. The second-order valence-corrected chi connectivity index (χ2v) is 10.4. The van der Waals surface area contributed by atoms with Crippen molar-refractivity contribution in [2.45, 2.75) is 25.3 Å². The van der Waals surface area contributed by atoms with E-state index in [4.69, 9.17) is 21.4 Å². The number of hydrazone groups is 1. The topological polar surface area (TPSA) is 85.0 Å². The molecule has 1 amide bonds. The number of allylic oxidation sites excluding steroid dienone is 1. The van der Waals surface area contributed by atoms with Crippen molar-refractivity contribution in [2.24, 2.45) is 11.0 Å². The van der Waals surface area contributed by atoms with Crippen LogP contribution < -0.4 is 4.74 Å². The summed E-state index contributed by atoms with van der Waals surface area (Å²) in [5, 5.41) is 21.4. The standard InChI is InChI=1S/C24H20ClN3O4S2/c25-19-13-16(28(30)31)8-9-20(19)32-14-22(29)27-24(21-7-3-11-34-21)18-6-1-4-15(23(18)26-27)12-17-5-2-10-33-17/h2-3,5,7-13,18,24H,1,4,6,14H2/b15-12-/t18-,24-/m1/s1. The molecule has 0 spiro atoms. The molecule has 34 heavy (non-hydrogen) atoms. The molecular weight excluding hydrogens is 494 g/mol. The lowest BCUT2D eigenvalue weighted by molar-refractivity contribution is -0.384. The number of amides is 1. The van der Waals surface area contributed by atoms with E-state index in [-0.39, 0.29) is 40.9 Å². The van der Waals surface area contributed by atoms with Gasteiger partial charge in [-0.05, 0) is 59.9 Å². The van der Waals surface area contributed by atoms with Gasteiger partial charge in [0.15, 0.2) is 6.61 Å². The zero-order valence-electron chi connectivity index (χ0n) is 17.9. The van der Waals surface area contributed by atoms with Crippen LogP contribution in [0.1, 0.15) is 35.1 Å². The number of non-ortho nitro benzene ring substituents is 1. The van der Waals surface area contributed by atoms with Crippen LogP contribution in [-0.4, -0.2) is 28.2 Å². The van der Waals surface area contributed by atoms with E-state index in [0.29, 0.717) is 0 Å². The van der Waals surface area contributed by atoms with Crippen LogP contribution in [0.15, 0.2) is 63.9 Å². The van der Waals surface area contributed by atoms with E-state index in [1.165, 1.54) is 28.6 Å². The molecule has 1 fully saturated rings. The monoisotopic (exact) mass is 513 g/mol. The number of nitro groups is 1. The first kappa shape index (κ1) is 22.8. The van der Waals surface area contributed by atoms with Crippen LogP contribution in [0.25, 0.3) is 6.08 Å². The van der Waals surface area contributed by atoms with Gasteiger partial charge in [0.25, 0.3) is 11.6 Å². The van der Waals surface area contributed by atoms with Crippen LogP contribution in [0, 0.1) is 16.0 Å². The van der Waals surface area contributed by atoms with Crippen molar-refractivity contribution in [3.05, 3.63) is 83.7 Å². The molecule has 0 saturated heterocycles. The van der Waals surface area contributed by atoms with E-state index in [9.17, 15) is 14.9 Å². The van der Waals surface area contributed by atoms with Crippen molar-refractivity contribution in [3.63, 3.8) is 0 Å². The predicted octanol–water partition coefficient (Wildman–Crippen LogP) is 6.57. The molecule has 0 bridgehead atoms. The molecule has 0 radical (unpaired) electrons. The molecule has 0 N–H and O–H groups in total. The van der Waals surface area contributed by atoms with Crippen molar-refractivity contribution >= 4 is 57.7 Å². The summed E-state index contributed by atoms with van der Waals surface area (Å²) in [6.45, 7) is -0.271. The summed E-state index contributed by atoms with van der Waals surface area (Å²) in [5.41, 5.74) is 2.01. The molecule has 2 aliphatic rings. The quantitative estimate of drug-likeness (QED) is 0.275. The first-order valence-electron chi connectivity index (χ1n) is 10.8. The second kappa shape index (κ2) is 9.69. The van der Waals surface area contributed by atoms with E-state index >= 15 is 0 Å². The van der Waals surface area contributed by atoms with E-state index in [1.54, 1.807) is 27.7 Å². The van der Waals surface area contributed by atoms with Crippen LogP contribution in [-0.2, 0) is 4.79 Å². The Morgan fingerprint density at radius 1 is 1.26 bits per heavy atom. The van der Waals surface area contributed by atoms with Crippen molar-refractivity contribution < 1.29 is 14.5 Å². The molecule has 3 heterocycles. The lowest BCUT2D eigenvalue weighted by Gasteiger charge is -2.28. The number of nitrogens with zero attached hydrogens (tertiary/aromatic N) is 3. The lowest BCUT2D eigenvalue weighted by atomic mass is 9.79. The minimum absolute atomic E-state index is 0.0828. The second-order valence-electron chi connectivity index (χ2n) is 8.03. The Bertz CT molecular complexity index is 1270. The summed E-state index contributed by atoms with van der Waals surface area (Å²) < 4.78 is 5.65. The number of fused-ring (bicyclic) bond motifs is 1. The number of hydrogen-bond donors (Lipinski definition) is 0. The van der Waals surface area contributed by atoms with Crippen LogP contribution in [0.3, 0.4) is 0 Å². The third kappa shape index (κ3) is 4.51. The third-order valence-electron chi connectivity index (χ3n) is 5.93. The Kier molecular flexibility index (Phi) is 6.49. The predicted molar refractivity (Wildman–Crippen MR) is 135 cm³/mol. The van der Waals surface area contributed by atoms with E-state index in [1.807, 2.05) is 29.0 Å². The lowest BCUT2D eigenvalue weighted by Crippen LogP contribution is -2.34. The van der Waals surface area contributed by atoms with Gasteiger partial charge in [-0.15, -0.1) is 22.7 Å². The minimum Gasteiger partial charge on any atom is -0.482 e. The molecule has 0 unspecified atom stereocenters. The average molecular weight is 514 g/mol. The number of hydrogen-bond acceptors (Lipinski definition) is 7. The molecule has 174 valence electrons. The molecule has 1 aromatic carbocycles. The first-order valence-corrected chi connectivity index (χ1v) is 12.9. The highest BCUT2D eigenvalue weighted by Crippen LogP contribution is 2.45. The van der Waals surface area contributed by atoms with Crippen molar-refractivity contribution in [2.75, 3.05) is 6.61 Å². The van der Waals surface area contributed by atoms with Crippen LogP contribution in [0.2, 0.25) is 5.02 Å². The molecule has 3 aromatic rings. The van der Waals surface area contributed by atoms with E-state index in [2.05, 4.69) is 12.1 Å². The summed E-state index contributed by atoms with van der Waals surface area (Å²) in [7, 11) is 0. The number of halogens is 1. The number of ether oxygens (including phenoxy) is 1. The fraction of sp³-hybridized carbons (Fsp3) is 0.250. The molecule has 1 saturated carbocycles. The SMILES string of the molecule is O=C(COc1ccc([N+](=O)[O-])cc1Cl)N1N=C2/C(=C\c3cccs3)CCC[C@H]2[C@@H]1c1cccs1. The summed E-state index contributed by atoms with van der Waals surface area (Å²) in [6.07, 6.45) is 5.12. The molecule has 1 aliphatic carbocycles. The zero-order valence-corrected chi connectivity index (χ0v) is 20.3. The Morgan fingerprint density at radius 2 is 2.09 bits per heavy atom. The number of rotatable bonds is 6. The third-order valence-corrected chi connectivity index (χ3v) is 7.99. The Balaban J connectivity index is 1.41. The normalized spacial score (nSPS) is 20.8. The van der Waals surface area contributed by atoms with Crippen molar-refractivity contribution in [3.8, 4) is 5.75 Å². The summed E-state index contributed by atoms with van der Waals surface area (Å²) in [4.78, 5) is 26.0. The number of benzene rings is 1. The number of thiophene rings is 2. The number of nitro benzene ring substituents is 1. The Hall–Kier alpha value is -3.01. The van der Waals surface area contributed by atoms with Gasteiger partial charge in [-0.25, -0.2) is 5.01 Å². The van der Waals surface area contributed by atoms with Gasteiger partial charge in [0.1, 0.15) is 5.75 Å². The molecule has 7 nitrogen and oxygen atoms in total. The molecule has 10 heteroatoms. The zero-order chi connectivity index (χ0) is 23.7. The summed E-state index contributed by atoms with van der Waals surface area (Å²) in [5.74, 6) is 0.0616. The van der Waals surface area contributed by atoms with Crippen molar-refractivity contribution in [1.29, 1.82) is 0 Å². The molecule has 1 aliphatic heterocycles. The maximum atomic E-state index is 13.3.